The van der Waals surface area contributed by atoms with Gasteiger partial charge >= 0.3 is 0 Å². The molecule has 0 spiro atoms. The van der Waals surface area contributed by atoms with Crippen molar-refractivity contribution in [2.75, 3.05) is 53.6 Å². The predicted molar refractivity (Wildman–Crippen MR) is 170 cm³/mol. The van der Waals surface area contributed by atoms with Crippen molar-refractivity contribution in [3.05, 3.63) is 23.9 Å². The molecule has 2 saturated heterocycles. The number of imide groups is 1. The normalized spacial score (nSPS) is 31.1. The van der Waals surface area contributed by atoms with E-state index in [1.807, 2.05) is 0 Å². The molecule has 5 heterocycles. The molecule has 5 N–H and O–H groups in total. The first-order valence-corrected chi connectivity index (χ1v) is 17.6. The second kappa shape index (κ2) is 12.5. The fourth-order valence-electron chi connectivity index (χ4n) is 8.07. The molecule has 0 aromatic carbocycles. The van der Waals surface area contributed by atoms with Gasteiger partial charge in [0.05, 0.1) is 30.9 Å². The molecule has 9 atom stereocenters. The van der Waals surface area contributed by atoms with Gasteiger partial charge in [-0.2, -0.15) is 5.10 Å². The van der Waals surface area contributed by atoms with E-state index >= 15 is 0 Å². The lowest BCUT2D eigenvalue weighted by atomic mass is 9.69. The zero-order valence-corrected chi connectivity index (χ0v) is 28.5. The molecular weight excluding hydrogens is 677 g/mol. The number of carbonyl (C=O) groups is 4. The van der Waals surface area contributed by atoms with Crippen LogP contribution < -0.4 is 21.1 Å². The minimum Gasteiger partial charge on any atom is -0.766 e. The zero-order chi connectivity index (χ0) is 35.8. The quantitative estimate of drug-likeness (QED) is 0.145. The Kier molecular flexibility index (Phi) is 8.51. The Morgan fingerprint density at radius 3 is 2.56 bits per heavy atom. The maximum Gasteiger partial charge on any atom is 0.271 e. The van der Waals surface area contributed by atoms with Crippen LogP contribution in [0.2, 0.25) is 0 Å². The second-order valence-electron chi connectivity index (χ2n) is 13.4. The third kappa shape index (κ3) is 5.37. The summed E-state index contributed by atoms with van der Waals surface area (Å²) in [4.78, 5) is 82.9. The molecule has 3 aliphatic heterocycles. The molecule has 2 bridgehead atoms. The maximum atomic E-state index is 13.8. The number of carbonyl (C=O) groups excluding carboxylic acids is 4. The first kappa shape index (κ1) is 34.1. The monoisotopic (exact) mass is 714 g/mol. The SMILES string of the molecule is CN(C)C(=O)C1=NNC(C(=O)N(C)C)=C2C3CC(C12)C1C(=O)N(CCNP(=O)([O-])OC2C[C@H](n4cnc5c(N)ncnc54)O[C@@H]2CO)C(=O)C31. The molecule has 2 aliphatic carbocycles. The summed E-state index contributed by atoms with van der Waals surface area (Å²) in [5.74, 6) is -4.56. The van der Waals surface area contributed by atoms with Crippen LogP contribution in [0.3, 0.4) is 0 Å². The molecule has 7 rings (SSSR count). The van der Waals surface area contributed by atoms with Crippen LogP contribution in [0.5, 0.6) is 0 Å². The third-order valence-electron chi connectivity index (χ3n) is 10.2. The van der Waals surface area contributed by atoms with E-state index in [0.717, 1.165) is 4.90 Å². The lowest BCUT2D eigenvalue weighted by Gasteiger charge is -2.36. The van der Waals surface area contributed by atoms with Crippen molar-refractivity contribution in [1.29, 1.82) is 0 Å². The Balaban J connectivity index is 1.03. The summed E-state index contributed by atoms with van der Waals surface area (Å²) in [5, 5.41) is 16.5. The summed E-state index contributed by atoms with van der Waals surface area (Å²) in [6.07, 6.45) is 0.291. The Morgan fingerprint density at radius 1 is 1.14 bits per heavy atom. The average molecular weight is 715 g/mol. The number of nitrogen functional groups attached to an aromatic ring is 1. The van der Waals surface area contributed by atoms with Crippen LogP contribution in [0, 0.1) is 29.6 Å². The van der Waals surface area contributed by atoms with E-state index in [1.165, 1.54) is 22.5 Å². The number of rotatable bonds is 10. The number of aliphatic hydroxyl groups excluding tert-OH is 1. The highest BCUT2D eigenvalue weighted by Crippen LogP contribution is 2.62. The van der Waals surface area contributed by atoms with Gasteiger partial charge in [0.15, 0.2) is 11.5 Å². The Hall–Kier alpha value is -4.33. The van der Waals surface area contributed by atoms with Gasteiger partial charge in [0, 0.05) is 53.6 Å². The van der Waals surface area contributed by atoms with Crippen LogP contribution in [-0.4, -0.2) is 129 Å². The number of aliphatic hydroxyl groups is 1. The van der Waals surface area contributed by atoms with Crippen molar-refractivity contribution in [2.24, 2.45) is 34.7 Å². The highest BCUT2D eigenvalue weighted by molar-refractivity contribution is 7.49. The van der Waals surface area contributed by atoms with Gasteiger partial charge in [-0.15, -0.1) is 0 Å². The summed E-state index contributed by atoms with van der Waals surface area (Å²) >= 11 is 0. The van der Waals surface area contributed by atoms with E-state index < -0.39 is 74.2 Å². The van der Waals surface area contributed by atoms with Crippen molar-refractivity contribution in [3.8, 4) is 0 Å². The summed E-state index contributed by atoms with van der Waals surface area (Å²) in [5.41, 5.74) is 10.3. The number of hydrazone groups is 1. The van der Waals surface area contributed by atoms with Crippen LogP contribution >= 0.6 is 7.75 Å². The minimum absolute atomic E-state index is 0.0234. The third-order valence-corrected chi connectivity index (χ3v) is 11.3. The van der Waals surface area contributed by atoms with E-state index in [0.29, 0.717) is 23.2 Å². The largest absolute Gasteiger partial charge is 0.766 e. The molecule has 4 fully saturated rings. The number of amides is 4. The van der Waals surface area contributed by atoms with Gasteiger partial charge in [-0.1, -0.05) is 0 Å². The molecule has 21 heteroatoms. The fourth-order valence-corrected chi connectivity index (χ4v) is 9.09. The molecule has 0 radical (unpaired) electrons. The van der Waals surface area contributed by atoms with Crippen LogP contribution in [0.4, 0.5) is 5.82 Å². The molecule has 7 unspecified atom stereocenters. The molecular formula is C29H37N11O9P-. The zero-order valence-electron chi connectivity index (χ0n) is 27.6. The predicted octanol–water partition coefficient (Wildman–Crippen LogP) is -2.61. The number of fused-ring (bicyclic) bond motifs is 9. The van der Waals surface area contributed by atoms with Crippen LogP contribution in [0.1, 0.15) is 19.1 Å². The van der Waals surface area contributed by atoms with Gasteiger partial charge in [0.1, 0.15) is 35.6 Å². The first-order chi connectivity index (χ1) is 23.7. The number of nitrogens with zero attached hydrogens (tertiary/aromatic N) is 8. The summed E-state index contributed by atoms with van der Waals surface area (Å²) in [6.45, 7) is -1.13. The Morgan fingerprint density at radius 2 is 1.86 bits per heavy atom. The lowest BCUT2D eigenvalue weighted by molar-refractivity contribution is -0.208. The van der Waals surface area contributed by atoms with Crippen LogP contribution in [0.25, 0.3) is 11.2 Å². The lowest BCUT2D eigenvalue weighted by Crippen LogP contribution is -2.47. The van der Waals surface area contributed by atoms with Gasteiger partial charge in [0.25, 0.3) is 11.8 Å². The van der Waals surface area contributed by atoms with Gasteiger partial charge in [-0.05, 0) is 23.8 Å². The minimum atomic E-state index is -4.79. The summed E-state index contributed by atoms with van der Waals surface area (Å²) in [7, 11) is 1.54. The molecule has 50 heavy (non-hydrogen) atoms. The first-order valence-electron chi connectivity index (χ1n) is 16.0. The van der Waals surface area contributed by atoms with Crippen molar-refractivity contribution in [3.63, 3.8) is 0 Å². The molecule has 4 amide bonds. The number of ether oxygens (including phenoxy) is 1. The number of anilines is 1. The average Bonchev–Trinajstić information content (AvgIpc) is 3.89. The highest BCUT2D eigenvalue weighted by atomic mass is 31.2. The number of hydrogen-bond donors (Lipinski definition) is 4. The Bertz CT molecular complexity index is 1900. The number of hydrogen-bond acceptors (Lipinski definition) is 15. The van der Waals surface area contributed by atoms with E-state index in [9.17, 15) is 33.7 Å². The molecule has 20 nitrogen and oxygen atoms in total. The number of likely N-dealkylation sites (tertiary alicyclic amines) is 1. The number of likely N-dealkylation sites (N-methyl/N-ethyl adjacent to an activating group) is 1. The van der Waals surface area contributed by atoms with Gasteiger partial charge < -0.3 is 34.8 Å². The molecule has 2 saturated carbocycles. The summed E-state index contributed by atoms with van der Waals surface area (Å²) in [6, 6.07) is 0. The standard InChI is InChI=1S/C29H38N11O9P/c1-37(2)28(44)21-17-12-7-13(18(17)22(36-35-21)29(45)38(3)4)20-19(12)26(42)39(27(20)43)6-5-34-50(46,47)49-14-8-16(48-15(14)9-41)40-11-33-23-24(30)31-10-32-25(23)40/h10-17,19-20,36,41H,5-9H2,1-4H3,(H2,30,31,32)(H2,34,46,47)/p-1/t12?,13?,14?,15-,16-,17?,19?,20?/m1/s1. The number of nitrogens with two attached hydrogens (primary N) is 1. The highest BCUT2D eigenvalue weighted by Gasteiger charge is 2.68. The van der Waals surface area contributed by atoms with E-state index in [1.54, 1.807) is 32.8 Å². The topological polar surface area (TPSA) is 263 Å². The van der Waals surface area contributed by atoms with E-state index in [-0.39, 0.29) is 48.6 Å². The van der Waals surface area contributed by atoms with E-state index in [4.69, 9.17) is 15.0 Å². The molecule has 2 aromatic heterocycles. The van der Waals surface area contributed by atoms with Gasteiger partial charge in [0.2, 0.25) is 19.6 Å². The van der Waals surface area contributed by atoms with Crippen LogP contribution in [-0.2, 0) is 33.0 Å². The van der Waals surface area contributed by atoms with Gasteiger partial charge in [-0.25, -0.2) is 15.0 Å². The number of nitrogens with one attached hydrogen (secondary N) is 2. The number of imidazole rings is 1. The van der Waals surface area contributed by atoms with Crippen molar-refractivity contribution < 1.29 is 43.0 Å². The van der Waals surface area contributed by atoms with Gasteiger partial charge in [-0.3, -0.25) is 43.7 Å². The fraction of sp³-hybridized carbons (Fsp3) is 0.586. The number of allylic oxidation sites excluding steroid dienone is 1. The smallest absolute Gasteiger partial charge is 0.271 e. The Labute approximate surface area is 285 Å². The molecule has 5 aliphatic rings. The summed E-state index contributed by atoms with van der Waals surface area (Å²) < 4.78 is 25.8. The van der Waals surface area contributed by atoms with Crippen LogP contribution in [0.15, 0.2) is 29.0 Å². The second-order valence-corrected chi connectivity index (χ2v) is 14.9. The van der Waals surface area contributed by atoms with Crippen molar-refractivity contribution in [1.82, 2.24) is 44.7 Å². The number of aromatic nitrogens is 4. The van der Waals surface area contributed by atoms with Crippen molar-refractivity contribution >= 4 is 54.1 Å². The molecule has 2 aromatic rings. The van der Waals surface area contributed by atoms with Crippen molar-refractivity contribution in [2.45, 2.75) is 31.3 Å². The molecule has 268 valence electrons. The van der Waals surface area contributed by atoms with E-state index in [2.05, 4.69) is 30.6 Å². The maximum absolute atomic E-state index is 13.8.